The minimum atomic E-state index is 0.503. The van der Waals surface area contributed by atoms with Crippen molar-refractivity contribution in [3.8, 4) is 11.5 Å². The molecule has 2 aromatic rings. The first-order valence-corrected chi connectivity index (χ1v) is 7.76. The van der Waals surface area contributed by atoms with E-state index in [2.05, 4.69) is 5.16 Å². The molecule has 0 atom stereocenters. The molecular weight excluding hydrogens is 290 g/mol. The summed E-state index contributed by atoms with van der Waals surface area (Å²) in [6.45, 7) is 5.08. The molecule has 4 heteroatoms. The van der Waals surface area contributed by atoms with Crippen molar-refractivity contribution in [1.82, 2.24) is 0 Å². The molecule has 2 aromatic carbocycles. The van der Waals surface area contributed by atoms with Crippen LogP contribution in [0, 0.1) is 0 Å². The van der Waals surface area contributed by atoms with Gasteiger partial charge in [0.05, 0.1) is 12.8 Å². The van der Waals surface area contributed by atoms with Crippen molar-refractivity contribution in [2.24, 2.45) is 5.16 Å². The van der Waals surface area contributed by atoms with Gasteiger partial charge in [-0.05, 0) is 37.1 Å². The van der Waals surface area contributed by atoms with Crippen LogP contribution in [0.1, 0.15) is 31.4 Å². The van der Waals surface area contributed by atoms with E-state index >= 15 is 0 Å². The first kappa shape index (κ1) is 16.9. The molecule has 0 aliphatic rings. The molecule has 2 rings (SSSR count). The summed E-state index contributed by atoms with van der Waals surface area (Å²) in [6.07, 6.45) is 0.937. The highest BCUT2D eigenvalue weighted by atomic mass is 16.6. The van der Waals surface area contributed by atoms with E-state index < -0.39 is 0 Å². The molecule has 23 heavy (non-hydrogen) atoms. The molecule has 0 saturated carbocycles. The van der Waals surface area contributed by atoms with Gasteiger partial charge >= 0.3 is 0 Å². The molecule has 0 radical (unpaired) electrons. The number of benzene rings is 2. The second-order valence-corrected chi connectivity index (χ2v) is 5.15. The molecule has 0 aliphatic carbocycles. The fourth-order valence-electron chi connectivity index (χ4n) is 2.03. The van der Waals surface area contributed by atoms with Crippen LogP contribution < -0.4 is 9.47 Å². The molecule has 0 aliphatic heterocycles. The number of hydrogen-bond donors (Lipinski definition) is 0. The van der Waals surface area contributed by atoms with Gasteiger partial charge in [0.2, 0.25) is 0 Å². The molecule has 0 spiro atoms. The number of nitrogens with zero attached hydrogens (tertiary/aromatic N) is 1. The number of ether oxygens (including phenoxy) is 2. The summed E-state index contributed by atoms with van der Waals surface area (Å²) in [4.78, 5) is 5.22. The van der Waals surface area contributed by atoms with E-state index in [9.17, 15) is 0 Å². The average Bonchev–Trinajstić information content (AvgIpc) is 2.60. The summed E-state index contributed by atoms with van der Waals surface area (Å²) >= 11 is 0. The van der Waals surface area contributed by atoms with Crippen LogP contribution >= 0.6 is 0 Å². The number of rotatable bonds is 8. The fraction of sp³-hybridized carbons (Fsp3) is 0.316. The van der Waals surface area contributed by atoms with Crippen molar-refractivity contribution in [3.63, 3.8) is 0 Å². The molecule has 0 saturated heterocycles. The normalized spacial score (nSPS) is 11.2. The highest BCUT2D eigenvalue weighted by Gasteiger charge is 2.08. The Morgan fingerprint density at radius 1 is 1.04 bits per heavy atom. The molecule has 0 heterocycles. The smallest absolute Gasteiger partial charge is 0.161 e. The zero-order valence-electron chi connectivity index (χ0n) is 13.9. The van der Waals surface area contributed by atoms with Gasteiger partial charge in [0.1, 0.15) is 13.2 Å². The topological polar surface area (TPSA) is 40.0 Å². The predicted molar refractivity (Wildman–Crippen MR) is 92.2 cm³/mol. The Morgan fingerprint density at radius 3 is 2.52 bits per heavy atom. The van der Waals surface area contributed by atoms with Crippen molar-refractivity contribution < 1.29 is 14.3 Å². The summed E-state index contributed by atoms with van der Waals surface area (Å²) in [5, 5.41) is 4.10. The number of oxime groups is 1. The van der Waals surface area contributed by atoms with Crippen LogP contribution in [-0.2, 0) is 11.4 Å². The zero-order chi connectivity index (χ0) is 16.5. The van der Waals surface area contributed by atoms with E-state index in [1.54, 1.807) is 7.11 Å². The lowest BCUT2D eigenvalue weighted by atomic mass is 10.1. The summed E-state index contributed by atoms with van der Waals surface area (Å²) < 4.78 is 11.3. The van der Waals surface area contributed by atoms with Gasteiger partial charge in [-0.25, -0.2) is 0 Å². The Balaban J connectivity index is 2.08. The largest absolute Gasteiger partial charge is 0.493 e. The Morgan fingerprint density at radius 2 is 1.83 bits per heavy atom. The monoisotopic (exact) mass is 313 g/mol. The van der Waals surface area contributed by atoms with E-state index in [0.717, 1.165) is 23.3 Å². The SMILES string of the molecule is CCCO/N=C(\C)c1ccc(OCc2ccccc2)c(OC)c1. The minimum Gasteiger partial charge on any atom is -0.493 e. The third-order valence-corrected chi connectivity index (χ3v) is 3.32. The standard InChI is InChI=1S/C19H23NO3/c1-4-12-23-20-15(2)17-10-11-18(19(13-17)21-3)22-14-16-8-6-5-7-9-16/h5-11,13H,4,12,14H2,1-3H3/b20-15+. The lowest BCUT2D eigenvalue weighted by Gasteiger charge is -2.12. The quantitative estimate of drug-likeness (QED) is 0.411. The molecule has 0 N–H and O–H groups in total. The second kappa shape index (κ2) is 8.83. The van der Waals surface area contributed by atoms with Gasteiger partial charge in [-0.2, -0.15) is 0 Å². The molecular formula is C19H23NO3. The van der Waals surface area contributed by atoms with Crippen LogP contribution in [0.25, 0.3) is 0 Å². The number of hydrogen-bond acceptors (Lipinski definition) is 4. The number of methoxy groups -OCH3 is 1. The van der Waals surface area contributed by atoms with Crippen molar-refractivity contribution in [2.75, 3.05) is 13.7 Å². The van der Waals surface area contributed by atoms with Gasteiger partial charge in [0, 0.05) is 5.56 Å². The Bertz CT molecular complexity index is 638. The lowest BCUT2D eigenvalue weighted by molar-refractivity contribution is 0.145. The average molecular weight is 313 g/mol. The van der Waals surface area contributed by atoms with Crippen molar-refractivity contribution in [1.29, 1.82) is 0 Å². The van der Waals surface area contributed by atoms with E-state index in [1.165, 1.54) is 0 Å². The molecule has 0 fully saturated rings. The van der Waals surface area contributed by atoms with Gasteiger partial charge in [0.25, 0.3) is 0 Å². The highest BCUT2D eigenvalue weighted by molar-refractivity contribution is 5.98. The minimum absolute atomic E-state index is 0.503. The van der Waals surface area contributed by atoms with Crippen LogP contribution in [-0.4, -0.2) is 19.4 Å². The third kappa shape index (κ3) is 5.02. The fourth-order valence-corrected chi connectivity index (χ4v) is 2.03. The summed E-state index contributed by atoms with van der Waals surface area (Å²) in [6, 6.07) is 15.8. The van der Waals surface area contributed by atoms with Gasteiger partial charge in [-0.15, -0.1) is 0 Å². The molecule has 4 nitrogen and oxygen atoms in total. The Hall–Kier alpha value is -2.49. The van der Waals surface area contributed by atoms with Crippen LogP contribution in [0.5, 0.6) is 11.5 Å². The van der Waals surface area contributed by atoms with Crippen LogP contribution in [0.2, 0.25) is 0 Å². The van der Waals surface area contributed by atoms with Gasteiger partial charge in [0.15, 0.2) is 11.5 Å². The van der Waals surface area contributed by atoms with E-state index in [-0.39, 0.29) is 0 Å². The maximum atomic E-state index is 5.85. The molecule has 0 aromatic heterocycles. The van der Waals surface area contributed by atoms with Crippen molar-refractivity contribution >= 4 is 5.71 Å². The summed E-state index contributed by atoms with van der Waals surface area (Å²) in [5.41, 5.74) is 2.88. The van der Waals surface area contributed by atoms with Crippen LogP contribution in [0.3, 0.4) is 0 Å². The lowest BCUT2D eigenvalue weighted by Crippen LogP contribution is -2.01. The van der Waals surface area contributed by atoms with E-state index in [1.807, 2.05) is 62.4 Å². The van der Waals surface area contributed by atoms with Gasteiger partial charge in [-0.3, -0.25) is 0 Å². The third-order valence-electron chi connectivity index (χ3n) is 3.32. The van der Waals surface area contributed by atoms with Gasteiger partial charge < -0.3 is 14.3 Å². The Kier molecular flexibility index (Phi) is 6.48. The highest BCUT2D eigenvalue weighted by Crippen LogP contribution is 2.29. The molecule has 0 unspecified atom stereocenters. The maximum absolute atomic E-state index is 5.85. The summed E-state index contributed by atoms with van der Waals surface area (Å²) in [5.74, 6) is 1.39. The second-order valence-electron chi connectivity index (χ2n) is 5.15. The first-order chi connectivity index (χ1) is 11.2. The maximum Gasteiger partial charge on any atom is 0.161 e. The first-order valence-electron chi connectivity index (χ1n) is 7.76. The van der Waals surface area contributed by atoms with Crippen molar-refractivity contribution in [3.05, 3.63) is 59.7 Å². The van der Waals surface area contributed by atoms with Gasteiger partial charge in [-0.1, -0.05) is 42.4 Å². The predicted octanol–water partition coefficient (Wildman–Crippen LogP) is 4.42. The molecule has 122 valence electrons. The molecule has 0 bridgehead atoms. The van der Waals surface area contributed by atoms with Crippen LogP contribution in [0.4, 0.5) is 0 Å². The Labute approximate surface area is 137 Å². The summed E-state index contributed by atoms with van der Waals surface area (Å²) in [7, 11) is 1.63. The van der Waals surface area contributed by atoms with Crippen molar-refractivity contribution in [2.45, 2.75) is 26.9 Å². The van der Waals surface area contributed by atoms with E-state index in [4.69, 9.17) is 14.3 Å². The zero-order valence-corrected chi connectivity index (χ0v) is 13.9. The van der Waals surface area contributed by atoms with E-state index in [0.29, 0.717) is 24.7 Å². The molecule has 0 amide bonds. The van der Waals surface area contributed by atoms with Crippen LogP contribution in [0.15, 0.2) is 53.7 Å².